The maximum atomic E-state index is 13.4. The van der Waals surface area contributed by atoms with Crippen LogP contribution in [0.15, 0.2) is 41.2 Å². The second kappa shape index (κ2) is 13.3. The number of rotatable bonds is 8. The van der Waals surface area contributed by atoms with E-state index >= 15 is 0 Å². The molecule has 2 aliphatic heterocycles. The standard InChI is InChI=1S/C28H38N5O3.Rb/c1-18-12-25(34)31(4)20(3)26(18)28(36)33-16-22-14-32(15-23(22)17-33)11-10-24(21-8-6-5-7-9-21)30-27(35)19(2)13-29;/h5-9,12,19,22-24H,2,10-11,13-17,29H2,1,3-4H3,(H,30,35);/q-1;+1/t19?,22?,23?,24-;/m1./s1. The fraction of sp³-hybridized carbons (Fsp3) is 0.500. The van der Waals surface area contributed by atoms with Crippen molar-refractivity contribution in [2.75, 3.05) is 39.3 Å². The van der Waals surface area contributed by atoms with Gasteiger partial charge in [-0.05, 0) is 49.8 Å². The van der Waals surface area contributed by atoms with Crippen LogP contribution in [0.1, 0.15) is 39.6 Å². The number of nitrogens with zero attached hydrogens (tertiary/aromatic N) is 3. The second-order valence-corrected chi connectivity index (χ2v) is 10.4. The Morgan fingerprint density at radius 2 is 1.73 bits per heavy atom. The molecule has 4 rings (SSSR count). The third kappa shape index (κ3) is 6.89. The zero-order valence-corrected chi connectivity index (χ0v) is 27.5. The number of amides is 2. The molecule has 2 amide bonds. The molecule has 194 valence electrons. The summed E-state index contributed by atoms with van der Waals surface area (Å²) < 4.78 is 1.55. The fourth-order valence-corrected chi connectivity index (χ4v) is 5.61. The van der Waals surface area contributed by atoms with E-state index in [1.807, 2.05) is 49.1 Å². The van der Waals surface area contributed by atoms with Crippen molar-refractivity contribution in [1.29, 1.82) is 0 Å². The number of aromatic nitrogens is 1. The largest absolute Gasteiger partial charge is 1.00 e. The predicted molar refractivity (Wildman–Crippen MR) is 140 cm³/mol. The van der Waals surface area contributed by atoms with Crippen LogP contribution in [0, 0.1) is 38.5 Å². The Bertz CT molecular complexity index is 1150. The van der Waals surface area contributed by atoms with Gasteiger partial charge < -0.3 is 32.3 Å². The molecule has 2 aliphatic rings. The average Bonchev–Trinajstić information content (AvgIpc) is 3.44. The molecule has 4 atom stereocenters. The molecule has 2 aromatic rings. The topological polar surface area (TPSA) is 101 Å². The van der Waals surface area contributed by atoms with E-state index < -0.39 is 5.92 Å². The van der Waals surface area contributed by atoms with Crippen molar-refractivity contribution >= 4 is 11.8 Å². The number of fused-ring (bicyclic) bond motifs is 1. The molecular formula is C28H38N5O3Rb. The molecule has 0 aliphatic carbocycles. The molecule has 9 heteroatoms. The summed E-state index contributed by atoms with van der Waals surface area (Å²) in [6, 6.07) is 11.5. The molecular weight excluding hydrogens is 540 g/mol. The number of benzene rings is 1. The van der Waals surface area contributed by atoms with Gasteiger partial charge in [-0.1, -0.05) is 36.2 Å². The van der Waals surface area contributed by atoms with E-state index in [0.29, 0.717) is 17.4 Å². The molecule has 3 unspecified atom stereocenters. The summed E-state index contributed by atoms with van der Waals surface area (Å²) >= 11 is 0. The normalized spacial score (nSPS) is 20.7. The van der Waals surface area contributed by atoms with Crippen molar-refractivity contribution in [2.24, 2.45) is 30.5 Å². The van der Waals surface area contributed by atoms with Gasteiger partial charge in [0.2, 0.25) is 0 Å². The van der Waals surface area contributed by atoms with Crippen molar-refractivity contribution in [3.63, 3.8) is 0 Å². The van der Waals surface area contributed by atoms with Crippen LogP contribution in [-0.4, -0.2) is 65.4 Å². The monoisotopic (exact) mass is 577 g/mol. The Hall–Kier alpha value is -1.16. The second-order valence-electron chi connectivity index (χ2n) is 10.4. The number of nitrogens with two attached hydrogens (primary N) is 1. The summed E-state index contributed by atoms with van der Waals surface area (Å²) in [4.78, 5) is 42.3. The average molecular weight is 578 g/mol. The first-order valence-electron chi connectivity index (χ1n) is 12.8. The van der Waals surface area contributed by atoms with Gasteiger partial charge in [0, 0.05) is 51.5 Å². The minimum absolute atomic E-state index is 0. The molecule has 8 nitrogen and oxygen atoms in total. The van der Waals surface area contributed by atoms with E-state index in [0.717, 1.165) is 56.0 Å². The zero-order chi connectivity index (χ0) is 26.0. The summed E-state index contributed by atoms with van der Waals surface area (Å²) in [5.41, 5.74) is 8.74. The summed E-state index contributed by atoms with van der Waals surface area (Å²) in [5, 5.41) is 3.13. The van der Waals surface area contributed by atoms with E-state index in [2.05, 4.69) is 17.1 Å². The van der Waals surface area contributed by atoms with Crippen molar-refractivity contribution in [1.82, 2.24) is 19.7 Å². The van der Waals surface area contributed by atoms with Gasteiger partial charge in [-0.2, -0.15) is 0 Å². The van der Waals surface area contributed by atoms with Crippen LogP contribution >= 0.6 is 0 Å². The van der Waals surface area contributed by atoms with E-state index in [1.54, 1.807) is 17.7 Å². The van der Waals surface area contributed by atoms with Crippen LogP contribution in [-0.2, 0) is 11.8 Å². The quantitative estimate of drug-likeness (QED) is 0.379. The first-order chi connectivity index (χ1) is 17.2. The number of aryl methyl sites for hydroxylation is 1. The van der Waals surface area contributed by atoms with Gasteiger partial charge in [0.05, 0.1) is 11.6 Å². The van der Waals surface area contributed by atoms with Gasteiger partial charge in [0.25, 0.3) is 11.5 Å². The Balaban J connectivity index is 0.00000380. The van der Waals surface area contributed by atoms with Crippen LogP contribution in [0.3, 0.4) is 0 Å². The zero-order valence-electron chi connectivity index (χ0n) is 22.6. The maximum Gasteiger partial charge on any atom is 1.00 e. The Morgan fingerprint density at radius 3 is 2.32 bits per heavy atom. The minimum Gasteiger partial charge on any atom is -0.351 e. The predicted octanol–water partition coefficient (Wildman–Crippen LogP) is -1.33. The molecule has 0 saturated carbocycles. The van der Waals surface area contributed by atoms with Gasteiger partial charge >= 0.3 is 58.2 Å². The third-order valence-electron chi connectivity index (χ3n) is 7.90. The number of hydrogen-bond acceptors (Lipinski definition) is 5. The minimum atomic E-state index is -0.467. The van der Waals surface area contributed by atoms with E-state index in [9.17, 15) is 14.4 Å². The molecule has 0 radical (unpaired) electrons. The van der Waals surface area contributed by atoms with Crippen LogP contribution in [0.5, 0.6) is 0 Å². The summed E-state index contributed by atoms with van der Waals surface area (Å²) in [6.07, 6.45) is 0.797. The van der Waals surface area contributed by atoms with Gasteiger partial charge in [-0.15, -0.1) is 0 Å². The van der Waals surface area contributed by atoms with E-state index in [1.165, 1.54) is 0 Å². The van der Waals surface area contributed by atoms with Crippen LogP contribution in [0.25, 0.3) is 0 Å². The molecule has 2 fully saturated rings. The number of carbonyl (C=O) groups excluding carboxylic acids is 2. The molecule has 2 saturated heterocycles. The Labute approximate surface area is 268 Å². The Morgan fingerprint density at radius 1 is 1.11 bits per heavy atom. The maximum absolute atomic E-state index is 13.4. The molecule has 3 heterocycles. The van der Waals surface area contributed by atoms with Crippen LogP contribution in [0.2, 0.25) is 0 Å². The first kappa shape index (κ1) is 30.4. The number of hydrogen-bond donors (Lipinski definition) is 2. The van der Waals surface area contributed by atoms with Crippen molar-refractivity contribution in [3.8, 4) is 0 Å². The van der Waals surface area contributed by atoms with Crippen LogP contribution < -0.4 is 74.8 Å². The van der Waals surface area contributed by atoms with Gasteiger partial charge in [-0.25, -0.2) is 0 Å². The Kier molecular flexibility index (Phi) is 10.9. The molecule has 1 aromatic heterocycles. The SMILES string of the molecule is [CH2-]C(CN)C(=O)N[C@H](CCN1CC2CN(C(=O)c3c(C)cc(=O)n(C)c3C)CC2C1)c1ccccc1.[Rb+]. The van der Waals surface area contributed by atoms with Crippen molar-refractivity contribution in [2.45, 2.75) is 26.3 Å². The molecule has 0 spiro atoms. The van der Waals surface area contributed by atoms with Gasteiger partial charge in [0.15, 0.2) is 5.91 Å². The first-order valence-corrected chi connectivity index (χ1v) is 12.8. The van der Waals surface area contributed by atoms with Gasteiger partial charge in [0.1, 0.15) is 0 Å². The number of carbonyl (C=O) groups is 2. The third-order valence-corrected chi connectivity index (χ3v) is 7.90. The number of likely N-dealkylation sites (tertiary alicyclic amines) is 2. The molecule has 0 bridgehead atoms. The molecule has 1 aromatic carbocycles. The van der Waals surface area contributed by atoms with Gasteiger partial charge in [-0.3, -0.25) is 14.4 Å². The fourth-order valence-electron chi connectivity index (χ4n) is 5.61. The van der Waals surface area contributed by atoms with Crippen molar-refractivity contribution < 1.29 is 67.8 Å². The molecule has 3 N–H and O–H groups in total. The summed E-state index contributed by atoms with van der Waals surface area (Å²) in [7, 11) is 1.71. The smallest absolute Gasteiger partial charge is 0.351 e. The van der Waals surface area contributed by atoms with E-state index in [-0.39, 0.29) is 88.1 Å². The van der Waals surface area contributed by atoms with Crippen molar-refractivity contribution in [3.05, 3.63) is 76.1 Å². The summed E-state index contributed by atoms with van der Waals surface area (Å²) in [6.45, 7) is 12.0. The van der Waals surface area contributed by atoms with E-state index in [4.69, 9.17) is 5.73 Å². The van der Waals surface area contributed by atoms with Crippen LogP contribution in [0.4, 0.5) is 0 Å². The number of nitrogens with one attached hydrogen (secondary N) is 1. The summed E-state index contributed by atoms with van der Waals surface area (Å²) in [5.74, 6) is 0.311. The number of pyridine rings is 1. The molecule has 37 heavy (non-hydrogen) atoms.